The summed E-state index contributed by atoms with van der Waals surface area (Å²) in [5.74, 6) is -0.131. The van der Waals surface area contributed by atoms with E-state index >= 15 is 0 Å². The first-order chi connectivity index (χ1) is 25.3. The minimum Gasteiger partial charge on any atom is -0.298 e. The van der Waals surface area contributed by atoms with Crippen LogP contribution in [0.2, 0.25) is 0 Å². The second-order valence-corrected chi connectivity index (χ2v) is 14.0. The summed E-state index contributed by atoms with van der Waals surface area (Å²) in [5.41, 5.74) is 8.94. The first-order valence-electron chi connectivity index (χ1n) is 17.8. The number of carbonyl (C=O) groups is 3. The van der Waals surface area contributed by atoms with Crippen molar-refractivity contribution in [2.75, 3.05) is 0 Å². The summed E-state index contributed by atoms with van der Waals surface area (Å²) < 4.78 is 6.17. The number of pyridine rings is 3. The number of aromatic nitrogens is 3. The predicted molar refractivity (Wildman–Crippen MR) is 201 cm³/mol. The van der Waals surface area contributed by atoms with Crippen molar-refractivity contribution in [2.24, 2.45) is 21.1 Å². The Hall–Kier alpha value is -5.88. The molecule has 0 fully saturated rings. The molecule has 52 heavy (non-hydrogen) atoms. The summed E-state index contributed by atoms with van der Waals surface area (Å²) in [7, 11) is 6.09. The molecule has 6 aromatic rings. The molecular weight excluding hydrogens is 643 g/mol. The van der Waals surface area contributed by atoms with Crippen LogP contribution in [0.25, 0.3) is 0 Å². The number of aryl methyl sites for hydroxylation is 3. The van der Waals surface area contributed by atoms with Crippen LogP contribution in [0.5, 0.6) is 0 Å². The number of carbonyl (C=O) groups excluding carboxylic acids is 3. The Morgan fingerprint density at radius 1 is 0.423 bits per heavy atom. The lowest BCUT2D eigenvalue weighted by atomic mass is 9.61. The maximum absolute atomic E-state index is 11.9. The van der Waals surface area contributed by atoms with Gasteiger partial charge in [0.2, 0.25) is 0 Å². The van der Waals surface area contributed by atoms with Gasteiger partial charge in [-0.3, -0.25) is 14.4 Å². The molecule has 6 nitrogen and oxygen atoms in total. The molecule has 0 radical (unpaired) electrons. The largest absolute Gasteiger partial charge is 0.298 e. The summed E-state index contributed by atoms with van der Waals surface area (Å²) >= 11 is 0. The molecule has 0 amide bonds. The molecule has 6 heteroatoms. The van der Waals surface area contributed by atoms with E-state index in [0.717, 1.165) is 42.0 Å². The van der Waals surface area contributed by atoms with Crippen LogP contribution in [0.1, 0.15) is 101 Å². The van der Waals surface area contributed by atoms with E-state index in [1.54, 1.807) is 0 Å². The van der Waals surface area contributed by atoms with E-state index < -0.39 is 0 Å². The van der Waals surface area contributed by atoms with Crippen LogP contribution >= 0.6 is 0 Å². The average Bonchev–Trinajstić information content (AvgIpc) is 3.19. The second kappa shape index (κ2) is 16.4. The van der Waals surface area contributed by atoms with Crippen LogP contribution in [0.4, 0.5) is 0 Å². The molecule has 0 aliphatic carbocycles. The fraction of sp³-hybridized carbons (Fsp3) is 0.217. The van der Waals surface area contributed by atoms with Crippen LogP contribution in [-0.2, 0) is 27.6 Å². The number of rotatable bonds is 14. The fourth-order valence-electron chi connectivity index (χ4n) is 7.68. The topological polar surface area (TPSA) is 62.9 Å². The van der Waals surface area contributed by atoms with E-state index in [0.29, 0.717) is 16.7 Å². The molecule has 0 saturated heterocycles. The molecule has 0 bridgehead atoms. The van der Waals surface area contributed by atoms with Gasteiger partial charge in [0.05, 0.1) is 0 Å². The number of benzene rings is 3. The smallest absolute Gasteiger partial charge is 0.168 e. The van der Waals surface area contributed by atoms with Gasteiger partial charge in [-0.2, -0.15) is 0 Å². The molecule has 5 atom stereocenters. The summed E-state index contributed by atoms with van der Waals surface area (Å²) in [5, 5.41) is 0. The first-order valence-corrected chi connectivity index (χ1v) is 17.8. The van der Waals surface area contributed by atoms with Gasteiger partial charge < -0.3 is 0 Å². The highest BCUT2D eigenvalue weighted by Gasteiger charge is 2.41. The lowest BCUT2D eigenvalue weighted by Gasteiger charge is -2.42. The Labute approximate surface area is 306 Å². The Morgan fingerprint density at radius 2 is 0.769 bits per heavy atom. The van der Waals surface area contributed by atoms with Gasteiger partial charge in [-0.05, 0) is 69.4 Å². The minimum absolute atomic E-state index is 0.00394. The number of aldehydes is 3. The van der Waals surface area contributed by atoms with Crippen molar-refractivity contribution in [3.05, 3.63) is 196 Å². The van der Waals surface area contributed by atoms with Gasteiger partial charge >= 0.3 is 0 Å². The summed E-state index contributed by atoms with van der Waals surface area (Å²) in [6.45, 7) is 2.30. The van der Waals surface area contributed by atoms with Gasteiger partial charge in [0, 0.05) is 53.1 Å². The maximum atomic E-state index is 11.9. The zero-order valence-corrected chi connectivity index (χ0v) is 30.2. The summed E-state index contributed by atoms with van der Waals surface area (Å²) in [6, 6.07) is 37.4. The van der Waals surface area contributed by atoms with Crippen molar-refractivity contribution in [3.63, 3.8) is 0 Å². The third-order valence-corrected chi connectivity index (χ3v) is 10.6. The molecule has 0 N–H and O–H groups in total. The van der Waals surface area contributed by atoms with Crippen LogP contribution < -0.4 is 13.7 Å². The standard InChI is InChI=1S/C46H46N3O3/c1-33(38-17-23-47(2)24-18-38)44(40-13-9-36(31-51)10-14-40)46(41-15-11-37(32-52)12-16-41)45(42-21-27-49(4)28-22-42)43(39-19-25-48(3)26-20-39)29-34-5-7-35(30-50)8-6-34/h5-28,30-33,43-46H,29H2,1-4H3/q+3. The zero-order valence-electron chi connectivity index (χ0n) is 30.2. The van der Waals surface area contributed by atoms with Crippen molar-refractivity contribution >= 4 is 18.9 Å². The van der Waals surface area contributed by atoms with E-state index in [4.69, 9.17) is 0 Å². The molecule has 0 spiro atoms. The van der Waals surface area contributed by atoms with Gasteiger partial charge in [-0.15, -0.1) is 0 Å². The normalized spacial score (nSPS) is 14.1. The Bertz CT molecular complexity index is 2090. The average molecular weight is 689 g/mol. The van der Waals surface area contributed by atoms with E-state index in [2.05, 4.69) is 126 Å². The fourth-order valence-corrected chi connectivity index (χ4v) is 7.68. The summed E-state index contributed by atoms with van der Waals surface area (Å²) in [4.78, 5) is 35.4. The first kappa shape index (κ1) is 35.9. The molecule has 5 unspecified atom stereocenters. The van der Waals surface area contributed by atoms with Crippen LogP contribution in [0.15, 0.2) is 146 Å². The molecule has 6 rings (SSSR count). The molecule has 3 aromatic carbocycles. The lowest BCUT2D eigenvalue weighted by molar-refractivity contribution is -0.671. The van der Waals surface area contributed by atoms with E-state index in [1.165, 1.54) is 16.7 Å². The van der Waals surface area contributed by atoms with Crippen LogP contribution in [-0.4, -0.2) is 18.9 Å². The van der Waals surface area contributed by atoms with E-state index in [-0.39, 0.29) is 29.6 Å². The van der Waals surface area contributed by atoms with Gasteiger partial charge in [-0.1, -0.05) is 79.7 Å². The molecule has 3 aromatic heterocycles. The van der Waals surface area contributed by atoms with Crippen molar-refractivity contribution < 1.29 is 28.1 Å². The molecule has 3 heterocycles. The predicted octanol–water partition coefficient (Wildman–Crippen LogP) is 7.08. The Morgan fingerprint density at radius 3 is 1.19 bits per heavy atom. The SMILES string of the molecule is CC(c1cc[n+](C)cc1)C(c1ccc(C=O)cc1)C(c1ccc(C=O)cc1)C(c1cc[n+](C)cc1)C(Cc1ccc(C=O)cc1)c1cc[n+](C)cc1. The number of nitrogens with zero attached hydrogens (tertiary/aromatic N) is 3. The molecular formula is C46H46N3O3+3. The molecule has 0 aliphatic rings. The second-order valence-electron chi connectivity index (χ2n) is 14.0. The third-order valence-electron chi connectivity index (χ3n) is 10.6. The molecule has 0 saturated carbocycles. The van der Waals surface area contributed by atoms with Gasteiger partial charge in [0.25, 0.3) is 0 Å². The molecule has 0 aliphatic heterocycles. The van der Waals surface area contributed by atoms with Crippen molar-refractivity contribution in [2.45, 2.75) is 42.9 Å². The highest BCUT2D eigenvalue weighted by Crippen LogP contribution is 2.55. The Balaban J connectivity index is 1.66. The highest BCUT2D eigenvalue weighted by molar-refractivity contribution is 5.75. The van der Waals surface area contributed by atoms with Crippen LogP contribution in [0, 0.1) is 0 Å². The van der Waals surface area contributed by atoms with Crippen molar-refractivity contribution in [1.29, 1.82) is 0 Å². The lowest BCUT2D eigenvalue weighted by Crippen LogP contribution is -2.32. The quantitative estimate of drug-likeness (QED) is 0.0908. The van der Waals surface area contributed by atoms with Crippen molar-refractivity contribution in [3.8, 4) is 0 Å². The monoisotopic (exact) mass is 688 g/mol. The number of hydrogen-bond acceptors (Lipinski definition) is 3. The van der Waals surface area contributed by atoms with E-state index in [1.807, 2.05) is 62.1 Å². The number of hydrogen-bond donors (Lipinski definition) is 0. The third kappa shape index (κ3) is 8.18. The van der Waals surface area contributed by atoms with Crippen LogP contribution in [0.3, 0.4) is 0 Å². The van der Waals surface area contributed by atoms with Gasteiger partial charge in [-0.25, -0.2) is 13.7 Å². The van der Waals surface area contributed by atoms with Crippen molar-refractivity contribution in [1.82, 2.24) is 0 Å². The zero-order chi connectivity index (χ0) is 36.6. The van der Waals surface area contributed by atoms with Gasteiger partial charge in [0.15, 0.2) is 37.2 Å². The van der Waals surface area contributed by atoms with E-state index in [9.17, 15) is 14.4 Å². The van der Waals surface area contributed by atoms with Gasteiger partial charge in [0.1, 0.15) is 40.0 Å². The summed E-state index contributed by atoms with van der Waals surface area (Å²) in [6.07, 6.45) is 16.0. The Kier molecular flexibility index (Phi) is 11.4. The molecule has 260 valence electrons. The minimum atomic E-state index is -0.0901. The highest BCUT2D eigenvalue weighted by atomic mass is 16.1. The maximum Gasteiger partial charge on any atom is 0.168 e.